The third-order valence-corrected chi connectivity index (χ3v) is 20.6. The number of fused-ring (bicyclic) bond motifs is 16. The van der Waals surface area contributed by atoms with Crippen molar-refractivity contribution in [2.24, 2.45) is 0 Å². The van der Waals surface area contributed by atoms with Crippen LogP contribution in [0.1, 0.15) is 22.3 Å². The molecule has 2 nitrogen and oxygen atoms in total. The minimum absolute atomic E-state index is 0.396. The molecular formula is C67H43NOSi. The molecule has 15 rings (SSSR count). The van der Waals surface area contributed by atoms with Gasteiger partial charge in [-0.15, -0.1) is 0 Å². The van der Waals surface area contributed by atoms with Crippen LogP contribution in [0.2, 0.25) is 0 Å². The SMILES string of the molecule is c1ccc([Si]2(c3cccc(N(c4ccc(-c5ccc6c(c5)C5(c7ccccc7-c7ccccc75)c5ccccc5-6)cc4)c4ccc5c(c4)oc4ccccc45)c3)c3ccccc3-c3ccccc32)cc1. The summed E-state index contributed by atoms with van der Waals surface area (Å²) in [6, 6.07) is 97.4. The van der Waals surface area contributed by atoms with E-state index in [1.54, 1.807) is 0 Å². The Morgan fingerprint density at radius 3 is 1.47 bits per heavy atom. The Morgan fingerprint density at radius 2 is 0.800 bits per heavy atom. The molecule has 2 aliphatic carbocycles. The van der Waals surface area contributed by atoms with Gasteiger partial charge in [-0.25, -0.2) is 0 Å². The van der Waals surface area contributed by atoms with E-state index in [-0.39, 0.29) is 0 Å². The predicted octanol–water partition coefficient (Wildman–Crippen LogP) is 14.4. The molecule has 3 aliphatic rings. The second kappa shape index (κ2) is 14.9. The van der Waals surface area contributed by atoms with Gasteiger partial charge in [0.1, 0.15) is 11.2 Å². The van der Waals surface area contributed by atoms with Crippen molar-refractivity contribution in [1.29, 1.82) is 0 Å². The van der Waals surface area contributed by atoms with Gasteiger partial charge in [0, 0.05) is 33.9 Å². The van der Waals surface area contributed by atoms with Gasteiger partial charge in [-0.05, 0) is 136 Å². The highest BCUT2D eigenvalue weighted by atomic mass is 28.3. The van der Waals surface area contributed by atoms with Gasteiger partial charge in [0.25, 0.3) is 0 Å². The number of hydrogen-bond donors (Lipinski definition) is 0. The first kappa shape index (κ1) is 39.3. The molecule has 0 radical (unpaired) electrons. The van der Waals surface area contributed by atoms with Crippen molar-refractivity contribution < 1.29 is 4.42 Å². The number of furan rings is 1. The number of rotatable bonds is 6. The van der Waals surface area contributed by atoms with Crippen molar-refractivity contribution in [2.45, 2.75) is 5.41 Å². The first-order chi connectivity index (χ1) is 34.7. The highest BCUT2D eigenvalue weighted by Gasteiger charge is 2.52. The van der Waals surface area contributed by atoms with Crippen LogP contribution in [0.15, 0.2) is 265 Å². The fourth-order valence-electron chi connectivity index (χ4n) is 13.0. The zero-order valence-corrected chi connectivity index (χ0v) is 39.2. The van der Waals surface area contributed by atoms with Crippen LogP contribution in [0.4, 0.5) is 17.1 Å². The van der Waals surface area contributed by atoms with Gasteiger partial charge in [-0.2, -0.15) is 0 Å². The third-order valence-electron chi connectivity index (χ3n) is 15.8. The van der Waals surface area contributed by atoms with Crippen molar-refractivity contribution in [3.8, 4) is 44.5 Å². The molecule has 326 valence electrons. The van der Waals surface area contributed by atoms with Crippen molar-refractivity contribution in [1.82, 2.24) is 0 Å². The van der Waals surface area contributed by atoms with Crippen LogP contribution in [0.5, 0.6) is 0 Å². The Bertz CT molecular complexity index is 3980. The number of anilines is 3. The molecule has 12 aromatic rings. The summed E-state index contributed by atoms with van der Waals surface area (Å²) >= 11 is 0. The van der Waals surface area contributed by atoms with Crippen LogP contribution in [0, 0.1) is 0 Å². The van der Waals surface area contributed by atoms with Crippen molar-refractivity contribution in [2.75, 3.05) is 4.90 Å². The van der Waals surface area contributed by atoms with Crippen molar-refractivity contribution in [3.63, 3.8) is 0 Å². The zero-order chi connectivity index (χ0) is 46.0. The fraction of sp³-hybridized carbons (Fsp3) is 0.0149. The zero-order valence-electron chi connectivity index (χ0n) is 38.2. The lowest BCUT2D eigenvalue weighted by Gasteiger charge is -2.33. The minimum atomic E-state index is -2.76. The highest BCUT2D eigenvalue weighted by molar-refractivity contribution is 7.22. The summed E-state index contributed by atoms with van der Waals surface area (Å²) < 4.78 is 6.57. The lowest BCUT2D eigenvalue weighted by atomic mass is 9.70. The normalized spacial score (nSPS) is 13.9. The number of hydrogen-bond acceptors (Lipinski definition) is 2. The second-order valence-electron chi connectivity index (χ2n) is 19.1. The molecule has 2 heterocycles. The molecule has 0 saturated carbocycles. The first-order valence-electron chi connectivity index (χ1n) is 24.3. The molecule has 3 heteroatoms. The monoisotopic (exact) mass is 905 g/mol. The maximum Gasteiger partial charge on any atom is 0.180 e. The van der Waals surface area contributed by atoms with Gasteiger partial charge in [-0.3, -0.25) is 0 Å². The summed E-state index contributed by atoms with van der Waals surface area (Å²) in [5.74, 6) is 0. The molecule has 1 aromatic heterocycles. The maximum absolute atomic E-state index is 6.57. The van der Waals surface area contributed by atoms with E-state index in [2.05, 4.69) is 260 Å². The van der Waals surface area contributed by atoms with E-state index in [1.165, 1.54) is 87.5 Å². The van der Waals surface area contributed by atoms with Gasteiger partial charge >= 0.3 is 0 Å². The van der Waals surface area contributed by atoms with Crippen molar-refractivity contribution in [3.05, 3.63) is 283 Å². The number of para-hydroxylation sites is 1. The molecule has 11 aromatic carbocycles. The lowest BCUT2D eigenvalue weighted by molar-refractivity contribution is 0.669. The van der Waals surface area contributed by atoms with Crippen LogP contribution in [0.25, 0.3) is 66.4 Å². The molecule has 1 aliphatic heterocycles. The van der Waals surface area contributed by atoms with E-state index in [9.17, 15) is 0 Å². The second-order valence-corrected chi connectivity index (χ2v) is 22.8. The van der Waals surface area contributed by atoms with Crippen molar-refractivity contribution >= 4 is 67.8 Å². The highest BCUT2D eigenvalue weighted by Crippen LogP contribution is 2.63. The molecular weight excluding hydrogens is 863 g/mol. The Hall–Kier alpha value is -8.76. The average Bonchev–Trinajstić information content (AvgIpc) is 4.14. The first-order valence-corrected chi connectivity index (χ1v) is 26.3. The summed E-state index contributed by atoms with van der Waals surface area (Å²) in [5, 5.41) is 7.84. The molecule has 70 heavy (non-hydrogen) atoms. The predicted molar refractivity (Wildman–Crippen MR) is 293 cm³/mol. The standard InChI is InChI=1S/C67H43NOSi/c1-2-18-49(19-3-1)70(65-31-14-8-25-57(65)58-26-9-15-32-66(58)70)50-20-16-17-47(42-50)68(48-38-40-56-55-24-7-13-30-63(55)69-64(56)43-48)46-36-33-44(34-37-46)45-35-39-54-53-23-6-12-29-61(53)67(62(54)41-45)59-27-10-4-21-51(59)52-22-5-11-28-60(52)67/h1-43H. The lowest BCUT2D eigenvalue weighted by Crippen LogP contribution is -2.72. The van der Waals surface area contributed by atoms with E-state index in [0.29, 0.717) is 0 Å². The van der Waals surface area contributed by atoms with Crippen LogP contribution in [-0.4, -0.2) is 8.07 Å². The average molecular weight is 906 g/mol. The van der Waals surface area contributed by atoms with Crippen LogP contribution in [-0.2, 0) is 5.41 Å². The molecule has 0 saturated heterocycles. The topological polar surface area (TPSA) is 16.4 Å². The summed E-state index contributed by atoms with van der Waals surface area (Å²) in [5.41, 5.74) is 20.3. The fourth-order valence-corrected chi connectivity index (χ4v) is 18.2. The largest absolute Gasteiger partial charge is 0.456 e. The van der Waals surface area contributed by atoms with E-state index >= 15 is 0 Å². The Labute approximate surface area is 408 Å². The quantitative estimate of drug-likeness (QED) is 0.155. The van der Waals surface area contributed by atoms with E-state index in [4.69, 9.17) is 4.42 Å². The van der Waals surface area contributed by atoms with Gasteiger partial charge in [0.15, 0.2) is 8.07 Å². The molecule has 0 bridgehead atoms. The number of nitrogens with zero attached hydrogens (tertiary/aromatic N) is 1. The summed E-state index contributed by atoms with van der Waals surface area (Å²) in [4.78, 5) is 2.42. The molecule has 0 unspecified atom stereocenters. The smallest absolute Gasteiger partial charge is 0.180 e. The maximum atomic E-state index is 6.57. The van der Waals surface area contributed by atoms with Crippen LogP contribution >= 0.6 is 0 Å². The summed E-state index contributed by atoms with van der Waals surface area (Å²) in [6.07, 6.45) is 0. The molecule has 0 fully saturated rings. The molecule has 0 atom stereocenters. The Morgan fingerprint density at radius 1 is 0.300 bits per heavy atom. The summed E-state index contributed by atoms with van der Waals surface area (Å²) in [6.45, 7) is 0. The van der Waals surface area contributed by atoms with Crippen LogP contribution in [0.3, 0.4) is 0 Å². The van der Waals surface area contributed by atoms with Crippen LogP contribution < -0.4 is 25.6 Å². The van der Waals surface area contributed by atoms with E-state index in [1.807, 2.05) is 6.07 Å². The minimum Gasteiger partial charge on any atom is -0.456 e. The molecule has 0 N–H and O–H groups in total. The molecule has 1 spiro atoms. The van der Waals surface area contributed by atoms with Gasteiger partial charge in [0.05, 0.1) is 5.41 Å². The third kappa shape index (κ3) is 5.27. The number of benzene rings is 11. The Balaban J connectivity index is 0.905. The van der Waals surface area contributed by atoms with Gasteiger partial charge in [0.2, 0.25) is 0 Å². The van der Waals surface area contributed by atoms with E-state index in [0.717, 1.165) is 39.0 Å². The Kier molecular flexibility index (Phi) is 8.34. The molecule has 0 amide bonds. The van der Waals surface area contributed by atoms with Gasteiger partial charge in [-0.1, -0.05) is 206 Å². The summed E-state index contributed by atoms with van der Waals surface area (Å²) in [7, 11) is -2.76. The van der Waals surface area contributed by atoms with E-state index < -0.39 is 13.5 Å². The van der Waals surface area contributed by atoms with Gasteiger partial charge < -0.3 is 9.32 Å².